The summed E-state index contributed by atoms with van der Waals surface area (Å²) in [6.45, 7) is 0. The maximum Gasteiger partial charge on any atom is 0.567 e. The minimum Gasteiger partial charge on any atom is -0.528 e. The van der Waals surface area contributed by atoms with Crippen molar-refractivity contribution in [2.75, 3.05) is 0 Å². The smallest absolute Gasteiger partial charge is 0.528 e. The Labute approximate surface area is 257 Å². The van der Waals surface area contributed by atoms with E-state index < -0.39 is 157 Å². The van der Waals surface area contributed by atoms with E-state index in [2.05, 4.69) is 4.65 Å². The number of hydrogen-bond donors (Lipinski definition) is 0. The van der Waals surface area contributed by atoms with Crippen LogP contribution in [0.4, 0.5) is 79.0 Å². The highest BCUT2D eigenvalue weighted by atomic mass is 19.3. The van der Waals surface area contributed by atoms with Crippen LogP contribution in [0.3, 0.4) is 0 Å². The van der Waals surface area contributed by atoms with E-state index in [1.807, 2.05) is 0 Å². The van der Waals surface area contributed by atoms with Crippen molar-refractivity contribution in [2.45, 2.75) is 12.0 Å². The van der Waals surface area contributed by atoms with Crippen molar-refractivity contribution in [3.05, 3.63) is 122 Å². The van der Waals surface area contributed by atoms with Gasteiger partial charge in [0.2, 0.25) is 29.1 Å². The highest BCUT2D eigenvalue weighted by Gasteiger charge is 2.57. The third kappa shape index (κ3) is 4.46. The standard InChI is InChI=1S/C28H3BF18O2/c30-4-2-1-3-5(11(4)31)12(32)23(43)26(3)48-29(49-27-24(44)21(41)20(40)22(42)25(27)45)10-8-6(13(33)17(37)16(10)36)7-9(28(8,46)47)15(35)19(39)18(38)14(7)34/h1-2,26H. The molecule has 0 amide bonds. The summed E-state index contributed by atoms with van der Waals surface area (Å²) >= 11 is 0. The maximum absolute atomic E-state index is 15.8. The Morgan fingerprint density at radius 2 is 0.959 bits per heavy atom. The maximum atomic E-state index is 15.8. The molecule has 0 radical (unpaired) electrons. The first-order valence-corrected chi connectivity index (χ1v) is 12.6. The van der Waals surface area contributed by atoms with E-state index in [0.29, 0.717) is 6.07 Å². The lowest BCUT2D eigenvalue weighted by Crippen LogP contribution is -2.47. The van der Waals surface area contributed by atoms with Crippen LogP contribution in [0, 0.1) is 81.4 Å². The van der Waals surface area contributed by atoms with Gasteiger partial charge in [-0.25, -0.2) is 61.5 Å². The van der Waals surface area contributed by atoms with Crippen LogP contribution in [0.1, 0.15) is 28.4 Å². The molecule has 6 rings (SSSR count). The Balaban J connectivity index is 1.69. The molecule has 0 heterocycles. The predicted molar refractivity (Wildman–Crippen MR) is 126 cm³/mol. The second-order valence-electron chi connectivity index (χ2n) is 10.0. The third-order valence-electron chi connectivity index (χ3n) is 7.46. The quantitative estimate of drug-likeness (QED) is 0.0887. The Hall–Kier alpha value is -4.82. The van der Waals surface area contributed by atoms with Gasteiger partial charge in [0.15, 0.2) is 69.8 Å². The third-order valence-corrected chi connectivity index (χ3v) is 7.46. The van der Waals surface area contributed by atoms with E-state index in [0.717, 1.165) is 0 Å². The van der Waals surface area contributed by atoms with Gasteiger partial charge in [-0.05, 0) is 11.6 Å². The van der Waals surface area contributed by atoms with Crippen molar-refractivity contribution in [2.24, 2.45) is 0 Å². The number of hydrogen-bond acceptors (Lipinski definition) is 2. The van der Waals surface area contributed by atoms with Crippen LogP contribution < -0.4 is 10.1 Å². The molecule has 4 aromatic rings. The number of rotatable bonds is 5. The predicted octanol–water partition coefficient (Wildman–Crippen LogP) is 8.91. The van der Waals surface area contributed by atoms with Crippen molar-refractivity contribution in [1.82, 2.24) is 0 Å². The summed E-state index contributed by atoms with van der Waals surface area (Å²) in [5.74, 6) is -52.3. The molecule has 49 heavy (non-hydrogen) atoms. The van der Waals surface area contributed by atoms with Gasteiger partial charge < -0.3 is 9.31 Å². The monoisotopic (exact) mass is 724 g/mol. The molecule has 0 saturated carbocycles. The van der Waals surface area contributed by atoms with Crippen LogP contribution in [0.25, 0.3) is 17.0 Å². The van der Waals surface area contributed by atoms with E-state index in [4.69, 9.17) is 4.65 Å². The number of halogens is 18. The fourth-order valence-electron chi connectivity index (χ4n) is 5.33. The van der Waals surface area contributed by atoms with Crippen LogP contribution in [-0.4, -0.2) is 7.12 Å². The lowest BCUT2D eigenvalue weighted by molar-refractivity contribution is 0.0430. The summed E-state index contributed by atoms with van der Waals surface area (Å²) in [5.41, 5.74) is -15.3. The highest BCUT2D eigenvalue weighted by molar-refractivity contribution is 6.63. The second-order valence-corrected chi connectivity index (χ2v) is 10.0. The average Bonchev–Trinajstić information content (AvgIpc) is 3.45. The van der Waals surface area contributed by atoms with Crippen molar-refractivity contribution in [3.8, 4) is 16.9 Å². The molecule has 2 nitrogen and oxygen atoms in total. The Bertz CT molecular complexity index is 2170. The molecule has 256 valence electrons. The molecule has 0 fully saturated rings. The van der Waals surface area contributed by atoms with Gasteiger partial charge in [0.1, 0.15) is 6.10 Å². The molecule has 1 unspecified atom stereocenters. The zero-order chi connectivity index (χ0) is 36.3. The zero-order valence-corrected chi connectivity index (χ0v) is 22.4. The molecule has 2 aliphatic rings. The molecule has 2 aliphatic carbocycles. The van der Waals surface area contributed by atoms with Gasteiger partial charge in [-0.1, -0.05) is 6.07 Å². The lowest BCUT2D eigenvalue weighted by Gasteiger charge is -2.25. The molecule has 0 spiro atoms. The van der Waals surface area contributed by atoms with Crippen molar-refractivity contribution in [1.29, 1.82) is 0 Å². The van der Waals surface area contributed by atoms with Gasteiger partial charge >= 0.3 is 13.0 Å². The normalized spacial score (nSPS) is 15.9. The SMILES string of the molecule is FC1=C(F)C(OB(Oc2c(F)c(F)c(F)c(F)c2F)c2c(F)c(F)c(F)c3c2C(F)(F)c2c(F)c(F)c(F)c(F)c2-3)c2ccc(F)c(F)c21. The molecule has 21 heteroatoms. The summed E-state index contributed by atoms with van der Waals surface area (Å²) in [6.07, 6.45) is -3.06. The molecular formula is C28H3BF18O2. The van der Waals surface area contributed by atoms with E-state index >= 15 is 22.0 Å². The summed E-state index contributed by atoms with van der Waals surface area (Å²) in [6, 6.07) is 0.471. The Morgan fingerprint density at radius 1 is 0.490 bits per heavy atom. The van der Waals surface area contributed by atoms with Gasteiger partial charge in [-0.2, -0.15) is 17.6 Å². The molecular weight excluding hydrogens is 721 g/mol. The molecule has 0 saturated heterocycles. The average molecular weight is 724 g/mol. The first kappa shape index (κ1) is 34.1. The molecule has 0 N–H and O–H groups in total. The van der Waals surface area contributed by atoms with Crippen LogP contribution >= 0.6 is 0 Å². The molecule has 0 bridgehead atoms. The van der Waals surface area contributed by atoms with Crippen LogP contribution in [0.5, 0.6) is 5.75 Å². The minimum atomic E-state index is -5.58. The fourth-order valence-corrected chi connectivity index (χ4v) is 5.33. The molecule has 0 aromatic heterocycles. The summed E-state index contributed by atoms with van der Waals surface area (Å²) in [7, 11) is -3.87. The topological polar surface area (TPSA) is 18.5 Å². The molecule has 0 aliphatic heterocycles. The minimum absolute atomic E-state index is 0.158. The molecule has 4 aromatic carbocycles. The van der Waals surface area contributed by atoms with Gasteiger partial charge in [-0.15, -0.1) is 0 Å². The zero-order valence-electron chi connectivity index (χ0n) is 22.4. The van der Waals surface area contributed by atoms with E-state index in [1.54, 1.807) is 0 Å². The van der Waals surface area contributed by atoms with Crippen molar-refractivity contribution in [3.63, 3.8) is 0 Å². The molecule has 1 atom stereocenters. The first-order chi connectivity index (χ1) is 22.8. The van der Waals surface area contributed by atoms with Crippen molar-refractivity contribution < 1.29 is 88.3 Å². The van der Waals surface area contributed by atoms with Crippen LogP contribution in [0.15, 0.2) is 18.0 Å². The van der Waals surface area contributed by atoms with Gasteiger partial charge in [0.05, 0.1) is 11.1 Å². The second kappa shape index (κ2) is 11.1. The van der Waals surface area contributed by atoms with Crippen molar-refractivity contribution >= 4 is 18.4 Å². The first-order valence-electron chi connectivity index (χ1n) is 12.6. The van der Waals surface area contributed by atoms with E-state index in [1.165, 1.54) is 0 Å². The van der Waals surface area contributed by atoms with Crippen LogP contribution in [0.2, 0.25) is 0 Å². The summed E-state index contributed by atoms with van der Waals surface area (Å²) < 4.78 is 273. The number of fused-ring (bicyclic) bond motifs is 4. The largest absolute Gasteiger partial charge is 0.567 e. The van der Waals surface area contributed by atoms with Gasteiger partial charge in [-0.3, -0.25) is 0 Å². The number of alkyl halides is 2. The summed E-state index contributed by atoms with van der Waals surface area (Å²) in [5, 5.41) is 0. The Kier molecular flexibility index (Phi) is 7.72. The van der Waals surface area contributed by atoms with E-state index in [-0.39, 0.29) is 6.07 Å². The summed E-state index contributed by atoms with van der Waals surface area (Å²) in [4.78, 5) is 0. The Morgan fingerprint density at radius 3 is 1.53 bits per heavy atom. The van der Waals surface area contributed by atoms with Crippen LogP contribution in [-0.2, 0) is 10.6 Å². The number of benzene rings is 4. The fraction of sp³-hybridized carbons (Fsp3) is 0.0714. The van der Waals surface area contributed by atoms with Gasteiger partial charge in [0.25, 0.3) is 0 Å². The lowest BCUT2D eigenvalue weighted by atomic mass is 9.72. The van der Waals surface area contributed by atoms with E-state index in [9.17, 15) is 57.1 Å². The van der Waals surface area contributed by atoms with Gasteiger partial charge in [0, 0.05) is 22.2 Å². The highest BCUT2D eigenvalue weighted by Crippen LogP contribution is 2.55.